The highest BCUT2D eigenvalue weighted by Crippen LogP contribution is 2.43. The molecule has 40 heavy (non-hydrogen) atoms. The average molecular weight is 547 g/mol. The van der Waals surface area contributed by atoms with E-state index in [1.54, 1.807) is 0 Å². The first-order chi connectivity index (χ1) is 19.1. The van der Waals surface area contributed by atoms with Crippen molar-refractivity contribution >= 4 is 12.4 Å². The second-order valence-corrected chi connectivity index (χ2v) is 12.2. The first-order valence-corrected chi connectivity index (χ1v) is 15.9. The summed E-state index contributed by atoms with van der Waals surface area (Å²) in [6.45, 7) is 17.5. The number of aliphatic imine (C=N–C) groups is 2. The maximum atomic E-state index is 11.4. The maximum absolute atomic E-state index is 11.4. The average Bonchev–Trinajstić information content (AvgIpc) is 2.97. The Hall–Kier alpha value is -2.62. The Labute approximate surface area is 244 Å². The van der Waals surface area contributed by atoms with Crippen molar-refractivity contribution in [2.75, 3.05) is 0 Å². The zero-order chi connectivity index (χ0) is 29.5. The molecule has 0 radical (unpaired) electrons. The molecular weight excluding hydrogens is 492 g/mol. The van der Waals surface area contributed by atoms with Gasteiger partial charge in [0, 0.05) is 34.7 Å². The van der Waals surface area contributed by atoms with Crippen LogP contribution in [-0.4, -0.2) is 34.7 Å². The van der Waals surface area contributed by atoms with Crippen molar-refractivity contribution in [1.29, 1.82) is 0 Å². The molecule has 2 aromatic rings. The zero-order valence-corrected chi connectivity index (χ0v) is 26.5. The molecule has 1 saturated carbocycles. The summed E-state index contributed by atoms with van der Waals surface area (Å²) in [4.78, 5) is 10.1. The van der Waals surface area contributed by atoms with Gasteiger partial charge in [-0.15, -0.1) is 0 Å². The Morgan fingerprint density at radius 2 is 0.950 bits per heavy atom. The zero-order valence-electron chi connectivity index (χ0n) is 26.5. The third kappa shape index (κ3) is 6.47. The van der Waals surface area contributed by atoms with Crippen LogP contribution in [0.1, 0.15) is 139 Å². The molecular formula is C36H54N2O2. The molecule has 0 aliphatic heterocycles. The summed E-state index contributed by atoms with van der Waals surface area (Å²) in [5.41, 5.74) is 5.98. The molecule has 0 bridgehead atoms. The van der Waals surface area contributed by atoms with E-state index in [1.165, 1.54) is 0 Å². The van der Waals surface area contributed by atoms with Gasteiger partial charge in [-0.05, 0) is 99.3 Å². The van der Waals surface area contributed by atoms with Gasteiger partial charge in [-0.3, -0.25) is 9.98 Å². The molecule has 0 saturated heterocycles. The fraction of sp³-hybridized carbons (Fsp3) is 0.611. The Morgan fingerprint density at radius 3 is 1.25 bits per heavy atom. The van der Waals surface area contributed by atoms with Gasteiger partial charge in [0.2, 0.25) is 0 Å². The topological polar surface area (TPSA) is 65.2 Å². The van der Waals surface area contributed by atoms with Gasteiger partial charge in [0.1, 0.15) is 11.5 Å². The smallest absolute Gasteiger partial charge is 0.128 e. The van der Waals surface area contributed by atoms with Crippen LogP contribution in [0.3, 0.4) is 0 Å². The van der Waals surface area contributed by atoms with Crippen LogP contribution >= 0.6 is 0 Å². The number of hydrogen-bond donors (Lipinski definition) is 2. The van der Waals surface area contributed by atoms with Gasteiger partial charge in [-0.1, -0.05) is 66.5 Å². The van der Waals surface area contributed by atoms with E-state index in [0.29, 0.717) is 11.5 Å². The quantitative estimate of drug-likeness (QED) is 0.260. The number of phenolic OH excluding ortho intramolecular Hbond substituents is 2. The lowest BCUT2D eigenvalue weighted by Gasteiger charge is -2.32. The summed E-state index contributed by atoms with van der Waals surface area (Å²) in [6, 6.07) is 8.53. The Balaban J connectivity index is 1.94. The van der Waals surface area contributed by atoms with Crippen molar-refractivity contribution in [2.24, 2.45) is 9.98 Å². The van der Waals surface area contributed by atoms with Gasteiger partial charge in [-0.25, -0.2) is 0 Å². The van der Waals surface area contributed by atoms with Crippen molar-refractivity contribution in [3.8, 4) is 11.5 Å². The van der Waals surface area contributed by atoms with Crippen molar-refractivity contribution in [1.82, 2.24) is 0 Å². The molecule has 0 aromatic heterocycles. The van der Waals surface area contributed by atoms with Crippen molar-refractivity contribution in [2.45, 2.75) is 143 Å². The monoisotopic (exact) mass is 546 g/mol. The van der Waals surface area contributed by atoms with Gasteiger partial charge in [0.25, 0.3) is 0 Å². The van der Waals surface area contributed by atoms with Gasteiger partial charge in [-0.2, -0.15) is 0 Å². The molecule has 4 heteroatoms. The number of hydrogen-bond acceptors (Lipinski definition) is 4. The number of nitrogens with zero attached hydrogens (tertiary/aromatic N) is 2. The predicted octanol–water partition coefficient (Wildman–Crippen LogP) is 9.50. The molecule has 2 aromatic carbocycles. The van der Waals surface area contributed by atoms with E-state index in [4.69, 9.17) is 9.98 Å². The fourth-order valence-electron chi connectivity index (χ4n) is 7.05. The summed E-state index contributed by atoms with van der Waals surface area (Å²) in [5, 5.41) is 22.7. The van der Waals surface area contributed by atoms with Crippen molar-refractivity contribution < 1.29 is 10.2 Å². The van der Waals surface area contributed by atoms with Gasteiger partial charge in [0.05, 0.1) is 12.1 Å². The summed E-state index contributed by atoms with van der Waals surface area (Å²) in [6.07, 6.45) is 14.0. The Morgan fingerprint density at radius 1 is 0.625 bits per heavy atom. The lowest BCUT2D eigenvalue weighted by Crippen LogP contribution is -2.27. The van der Waals surface area contributed by atoms with Gasteiger partial charge >= 0.3 is 0 Å². The molecule has 3 rings (SSSR count). The van der Waals surface area contributed by atoms with Crippen molar-refractivity contribution in [3.63, 3.8) is 0 Å². The van der Waals surface area contributed by atoms with Crippen LogP contribution in [-0.2, 0) is 10.8 Å². The molecule has 0 heterocycles. The highest BCUT2D eigenvalue weighted by atomic mass is 16.3. The summed E-state index contributed by atoms with van der Waals surface area (Å²) in [5.74, 6) is 0.749. The SMILES string of the molecule is CCC(CC)(CC)c1cc(C)cc(C=NC2CCCCC2N=Cc2cc(C)cc(C(CC)(CC)CC)c2O)c1O. The summed E-state index contributed by atoms with van der Waals surface area (Å²) < 4.78 is 0. The highest BCUT2D eigenvalue weighted by Gasteiger charge is 2.32. The molecule has 1 aliphatic carbocycles. The molecule has 2 unspecified atom stereocenters. The van der Waals surface area contributed by atoms with E-state index in [9.17, 15) is 10.2 Å². The minimum Gasteiger partial charge on any atom is -0.507 e. The molecule has 4 nitrogen and oxygen atoms in total. The minimum atomic E-state index is -0.0179. The molecule has 1 aliphatic rings. The van der Waals surface area contributed by atoms with Crippen LogP contribution < -0.4 is 0 Å². The molecule has 2 atom stereocenters. The summed E-state index contributed by atoms with van der Waals surface area (Å²) >= 11 is 0. The molecule has 220 valence electrons. The van der Waals surface area contributed by atoms with E-state index in [1.807, 2.05) is 24.6 Å². The second-order valence-electron chi connectivity index (χ2n) is 12.2. The highest BCUT2D eigenvalue weighted by molar-refractivity contribution is 5.86. The third-order valence-electron chi connectivity index (χ3n) is 10.3. The molecule has 0 spiro atoms. The van der Waals surface area contributed by atoms with Crippen LogP contribution in [0.4, 0.5) is 0 Å². The number of benzene rings is 2. The largest absolute Gasteiger partial charge is 0.507 e. The van der Waals surface area contributed by atoms with Crippen molar-refractivity contribution in [3.05, 3.63) is 57.6 Å². The Kier molecular flexibility index (Phi) is 11.0. The standard InChI is InChI=1S/C36H54N2O2/c1-9-35(10-2,11-3)29-21-25(7)19-27(33(29)39)23-37-31-17-15-16-18-32(31)38-24-28-20-26(8)22-30(34(28)40)36(12-4,13-5)14-6/h19-24,31-32,39-40H,9-18H2,1-8H3. The van der Waals surface area contributed by atoms with E-state index in [0.717, 1.165) is 97.6 Å². The number of aromatic hydroxyl groups is 2. The van der Waals surface area contributed by atoms with E-state index >= 15 is 0 Å². The maximum Gasteiger partial charge on any atom is 0.128 e. The first kappa shape index (κ1) is 31.9. The lowest BCUT2D eigenvalue weighted by molar-refractivity contribution is 0.357. The van der Waals surface area contributed by atoms with E-state index in [-0.39, 0.29) is 22.9 Å². The van der Waals surface area contributed by atoms with Crippen LogP contribution in [0.25, 0.3) is 0 Å². The number of aryl methyl sites for hydroxylation is 2. The number of rotatable bonds is 12. The lowest BCUT2D eigenvalue weighted by atomic mass is 9.72. The Bertz CT molecular complexity index is 1080. The van der Waals surface area contributed by atoms with Crippen LogP contribution in [0.5, 0.6) is 11.5 Å². The molecule has 0 amide bonds. The molecule has 2 N–H and O–H groups in total. The van der Waals surface area contributed by atoms with Gasteiger partial charge < -0.3 is 10.2 Å². The number of phenols is 2. The van der Waals surface area contributed by atoms with Crippen LogP contribution in [0.15, 0.2) is 34.3 Å². The summed E-state index contributed by atoms with van der Waals surface area (Å²) in [7, 11) is 0. The van der Waals surface area contributed by atoms with Gasteiger partial charge in [0.15, 0.2) is 0 Å². The fourth-order valence-corrected chi connectivity index (χ4v) is 7.05. The predicted molar refractivity (Wildman–Crippen MR) is 172 cm³/mol. The van der Waals surface area contributed by atoms with Crippen LogP contribution in [0.2, 0.25) is 0 Å². The van der Waals surface area contributed by atoms with Crippen LogP contribution in [0, 0.1) is 13.8 Å². The van der Waals surface area contributed by atoms with E-state index < -0.39 is 0 Å². The minimum absolute atomic E-state index is 0.0179. The molecule has 1 fully saturated rings. The first-order valence-electron chi connectivity index (χ1n) is 15.9. The van der Waals surface area contributed by atoms with E-state index in [2.05, 4.69) is 67.5 Å². The second kappa shape index (κ2) is 13.8. The normalized spacial score (nSPS) is 18.7. The third-order valence-corrected chi connectivity index (χ3v) is 10.3.